The van der Waals surface area contributed by atoms with Gasteiger partial charge in [0, 0.05) is 24.5 Å². The molecule has 0 saturated heterocycles. The molecule has 0 fully saturated rings. The number of ether oxygens (including phenoxy) is 2. The zero-order valence-corrected chi connectivity index (χ0v) is 13.7. The molecule has 7 heteroatoms. The summed E-state index contributed by atoms with van der Waals surface area (Å²) in [5.41, 5.74) is 0. The zero-order valence-electron chi connectivity index (χ0n) is 12.7. The highest BCUT2D eigenvalue weighted by atomic mass is 31.1. The lowest BCUT2D eigenvalue weighted by Gasteiger charge is -2.23. The standard InChI is InChI=1S/C13H25NO5P/c1-5-18-12(15)6-7-13(16)19-9-11-20(17)10-8-14(2,3)4/h6-7,20H,5,8-11H2,1-4H3/q+1/b7-6+. The Morgan fingerprint density at radius 1 is 1.05 bits per heavy atom. The van der Waals surface area contributed by atoms with Crippen LogP contribution in [0.3, 0.4) is 0 Å². The van der Waals surface area contributed by atoms with Crippen LogP contribution in [0.1, 0.15) is 6.92 Å². The summed E-state index contributed by atoms with van der Waals surface area (Å²) in [5.74, 6) is -1.21. The smallest absolute Gasteiger partial charge is 0.331 e. The number of nitrogens with zero attached hydrogens (tertiary/aromatic N) is 1. The molecule has 0 radical (unpaired) electrons. The summed E-state index contributed by atoms with van der Waals surface area (Å²) in [7, 11) is 4.40. The van der Waals surface area contributed by atoms with Gasteiger partial charge in [0.25, 0.3) is 0 Å². The lowest BCUT2D eigenvalue weighted by molar-refractivity contribution is -0.867. The number of rotatable bonds is 9. The molecule has 0 aromatic heterocycles. The van der Waals surface area contributed by atoms with E-state index in [0.29, 0.717) is 12.3 Å². The predicted octanol–water partition coefficient (Wildman–Crippen LogP) is 0.915. The predicted molar refractivity (Wildman–Crippen MR) is 78.4 cm³/mol. The fraction of sp³-hybridized carbons (Fsp3) is 0.692. The second-order valence-corrected chi connectivity index (χ2v) is 7.38. The van der Waals surface area contributed by atoms with Crippen LogP contribution in [0.15, 0.2) is 12.2 Å². The molecule has 0 aromatic carbocycles. The minimum absolute atomic E-state index is 0.112. The fourth-order valence-corrected chi connectivity index (χ4v) is 2.73. The largest absolute Gasteiger partial charge is 0.463 e. The minimum Gasteiger partial charge on any atom is -0.463 e. The van der Waals surface area contributed by atoms with Crippen molar-refractivity contribution in [1.82, 2.24) is 0 Å². The maximum absolute atomic E-state index is 11.7. The molecule has 0 rings (SSSR count). The van der Waals surface area contributed by atoms with Gasteiger partial charge in [-0.2, -0.15) is 0 Å². The maximum atomic E-state index is 11.7. The molecule has 0 heterocycles. The van der Waals surface area contributed by atoms with Gasteiger partial charge in [-0.15, -0.1) is 0 Å². The number of carbonyl (C=O) groups excluding carboxylic acids is 2. The third kappa shape index (κ3) is 11.9. The molecule has 0 spiro atoms. The molecule has 1 unspecified atom stereocenters. The van der Waals surface area contributed by atoms with E-state index in [1.807, 2.05) is 21.1 Å². The lowest BCUT2D eigenvalue weighted by Crippen LogP contribution is -2.36. The summed E-state index contributed by atoms with van der Waals surface area (Å²) in [4.78, 5) is 22.2. The van der Waals surface area contributed by atoms with E-state index < -0.39 is 19.7 Å². The number of quaternary nitrogens is 1. The van der Waals surface area contributed by atoms with Crippen LogP contribution in [0, 0.1) is 0 Å². The van der Waals surface area contributed by atoms with E-state index in [1.54, 1.807) is 6.92 Å². The highest BCUT2D eigenvalue weighted by molar-refractivity contribution is 7.44. The Balaban J connectivity index is 3.81. The molecule has 0 aromatic rings. The Morgan fingerprint density at radius 2 is 1.60 bits per heavy atom. The SMILES string of the molecule is CCOC(=O)/C=C/C(=O)OCC[PH](=O)CC[N+](C)(C)C. The minimum atomic E-state index is -1.72. The normalized spacial score (nSPS) is 13.2. The quantitative estimate of drug-likeness (QED) is 0.274. The zero-order chi connectivity index (χ0) is 15.6. The van der Waals surface area contributed by atoms with Crippen molar-refractivity contribution in [1.29, 1.82) is 0 Å². The number of hydrogen-bond acceptors (Lipinski definition) is 5. The van der Waals surface area contributed by atoms with Crippen LogP contribution in [0.2, 0.25) is 0 Å². The van der Waals surface area contributed by atoms with Gasteiger partial charge in [0.15, 0.2) is 0 Å². The van der Waals surface area contributed by atoms with Crippen LogP contribution < -0.4 is 0 Å². The Labute approximate surface area is 121 Å². The van der Waals surface area contributed by atoms with Crippen LogP contribution in [0.4, 0.5) is 0 Å². The summed E-state index contributed by atoms with van der Waals surface area (Å²) in [5, 5.41) is 0. The Bertz CT molecular complexity index is 373. The van der Waals surface area contributed by atoms with Crippen molar-refractivity contribution in [3.63, 3.8) is 0 Å². The van der Waals surface area contributed by atoms with E-state index in [1.165, 1.54) is 0 Å². The van der Waals surface area contributed by atoms with Crippen LogP contribution >= 0.6 is 7.80 Å². The van der Waals surface area contributed by atoms with E-state index in [9.17, 15) is 14.2 Å². The van der Waals surface area contributed by atoms with Crippen molar-refractivity contribution in [2.75, 3.05) is 53.2 Å². The second kappa shape index (κ2) is 9.72. The second-order valence-electron chi connectivity index (χ2n) is 5.31. The third-order valence-electron chi connectivity index (χ3n) is 2.33. The average molecular weight is 306 g/mol. The molecule has 0 aliphatic rings. The molecule has 0 amide bonds. The first-order valence-electron chi connectivity index (χ1n) is 6.58. The Morgan fingerprint density at radius 3 is 2.10 bits per heavy atom. The molecule has 0 aliphatic heterocycles. The van der Waals surface area contributed by atoms with Gasteiger partial charge < -0.3 is 18.5 Å². The first-order chi connectivity index (χ1) is 9.24. The van der Waals surface area contributed by atoms with E-state index in [4.69, 9.17) is 4.74 Å². The topological polar surface area (TPSA) is 69.7 Å². The Kier molecular flexibility index (Phi) is 9.17. The van der Waals surface area contributed by atoms with Crippen LogP contribution in [0.5, 0.6) is 0 Å². The van der Waals surface area contributed by atoms with E-state index in [0.717, 1.165) is 23.2 Å². The third-order valence-corrected chi connectivity index (χ3v) is 3.87. The fourth-order valence-electron chi connectivity index (χ4n) is 1.23. The molecule has 0 bridgehead atoms. The summed E-state index contributed by atoms with van der Waals surface area (Å²) in [6.07, 6.45) is 3.06. The van der Waals surface area contributed by atoms with Crippen LogP contribution in [0.25, 0.3) is 0 Å². The summed E-state index contributed by atoms with van der Waals surface area (Å²) < 4.78 is 22.0. The van der Waals surface area contributed by atoms with Crippen molar-refractivity contribution >= 4 is 19.7 Å². The molecule has 0 N–H and O–H groups in total. The van der Waals surface area contributed by atoms with Crippen LogP contribution in [-0.2, 0) is 23.6 Å². The van der Waals surface area contributed by atoms with Crippen molar-refractivity contribution in [2.24, 2.45) is 0 Å². The number of esters is 2. The first-order valence-corrected chi connectivity index (χ1v) is 8.40. The van der Waals surface area contributed by atoms with E-state index in [-0.39, 0.29) is 13.2 Å². The lowest BCUT2D eigenvalue weighted by atomic mass is 10.5. The molecule has 116 valence electrons. The molecule has 20 heavy (non-hydrogen) atoms. The molecule has 0 aliphatic carbocycles. The number of hydrogen-bond donors (Lipinski definition) is 0. The molecular weight excluding hydrogens is 281 g/mol. The molecule has 0 saturated carbocycles. The van der Waals surface area contributed by atoms with Crippen molar-refractivity contribution in [3.05, 3.63) is 12.2 Å². The van der Waals surface area contributed by atoms with Gasteiger partial charge in [0.05, 0.1) is 48.7 Å². The monoisotopic (exact) mass is 306 g/mol. The molecule has 6 nitrogen and oxygen atoms in total. The van der Waals surface area contributed by atoms with Crippen molar-refractivity contribution in [3.8, 4) is 0 Å². The highest BCUT2D eigenvalue weighted by Crippen LogP contribution is 2.19. The number of carbonyl (C=O) groups is 2. The van der Waals surface area contributed by atoms with E-state index in [2.05, 4.69) is 4.74 Å². The van der Waals surface area contributed by atoms with Crippen LogP contribution in [-0.4, -0.2) is 69.6 Å². The summed E-state index contributed by atoms with van der Waals surface area (Å²) in [6, 6.07) is 0. The molecule has 1 atom stereocenters. The highest BCUT2D eigenvalue weighted by Gasteiger charge is 2.10. The van der Waals surface area contributed by atoms with Gasteiger partial charge in [-0.3, -0.25) is 0 Å². The van der Waals surface area contributed by atoms with Gasteiger partial charge in [0.2, 0.25) is 0 Å². The van der Waals surface area contributed by atoms with E-state index >= 15 is 0 Å². The van der Waals surface area contributed by atoms with Gasteiger partial charge in [-0.05, 0) is 6.92 Å². The van der Waals surface area contributed by atoms with Gasteiger partial charge in [-0.1, -0.05) is 0 Å². The summed E-state index contributed by atoms with van der Waals surface area (Å²) >= 11 is 0. The van der Waals surface area contributed by atoms with Gasteiger partial charge in [-0.25, -0.2) is 9.59 Å². The maximum Gasteiger partial charge on any atom is 0.331 e. The first kappa shape index (κ1) is 18.9. The van der Waals surface area contributed by atoms with Crippen molar-refractivity contribution < 1.29 is 28.1 Å². The van der Waals surface area contributed by atoms with Crippen molar-refractivity contribution in [2.45, 2.75) is 6.92 Å². The average Bonchev–Trinajstić information content (AvgIpc) is 2.33. The molecular formula is C13H25NO5P+. The van der Waals surface area contributed by atoms with Gasteiger partial charge >= 0.3 is 11.9 Å². The summed E-state index contributed by atoms with van der Waals surface area (Å²) in [6.45, 7) is 2.88. The Hall–Kier alpha value is -1.13. The van der Waals surface area contributed by atoms with Gasteiger partial charge in [0.1, 0.15) is 0 Å².